The van der Waals surface area contributed by atoms with Crippen LogP contribution in [-0.2, 0) is 0 Å². The van der Waals surface area contributed by atoms with Crippen molar-refractivity contribution in [1.29, 1.82) is 0 Å². The van der Waals surface area contributed by atoms with Gasteiger partial charge in [-0.2, -0.15) is 5.10 Å². The third-order valence-electron chi connectivity index (χ3n) is 4.60. The Labute approximate surface area is 132 Å². The number of H-pyrrole nitrogens is 2. The minimum atomic E-state index is -0.229. The zero-order chi connectivity index (χ0) is 16.0. The number of benzene rings is 1. The van der Waals surface area contributed by atoms with Gasteiger partial charge < -0.3 is 10.1 Å². The van der Waals surface area contributed by atoms with Gasteiger partial charge in [-0.25, -0.2) is 9.78 Å². The van der Waals surface area contributed by atoms with Gasteiger partial charge in [0.25, 0.3) is 0 Å². The molecule has 0 aliphatic heterocycles. The van der Waals surface area contributed by atoms with Crippen molar-refractivity contribution < 1.29 is 5.11 Å². The molecular formula is C16H19N5O2. The first-order valence-corrected chi connectivity index (χ1v) is 7.93. The van der Waals surface area contributed by atoms with E-state index in [0.717, 1.165) is 48.1 Å². The number of hydrogen-bond donors (Lipinski definition) is 3. The number of aryl methyl sites for hydroxylation is 1. The number of rotatable bonds is 2. The topological polar surface area (TPSA) is 99.6 Å². The highest BCUT2D eigenvalue weighted by Crippen LogP contribution is 2.30. The Hall–Kier alpha value is -2.41. The van der Waals surface area contributed by atoms with Crippen molar-refractivity contribution in [2.24, 2.45) is 0 Å². The highest BCUT2D eigenvalue weighted by Gasteiger charge is 2.23. The van der Waals surface area contributed by atoms with Gasteiger partial charge in [-0.15, -0.1) is 0 Å². The van der Waals surface area contributed by atoms with Crippen molar-refractivity contribution >= 4 is 11.0 Å². The lowest BCUT2D eigenvalue weighted by molar-refractivity contribution is 0.111. The number of aliphatic hydroxyl groups excluding tert-OH is 1. The van der Waals surface area contributed by atoms with Crippen LogP contribution in [0.3, 0.4) is 0 Å². The largest absolute Gasteiger partial charge is 0.393 e. The molecule has 4 rings (SSSR count). The van der Waals surface area contributed by atoms with Crippen molar-refractivity contribution in [2.45, 2.75) is 44.8 Å². The summed E-state index contributed by atoms with van der Waals surface area (Å²) in [5, 5.41) is 16.6. The van der Waals surface area contributed by atoms with Gasteiger partial charge in [0.05, 0.1) is 17.1 Å². The zero-order valence-corrected chi connectivity index (χ0v) is 12.9. The molecule has 1 aromatic carbocycles. The van der Waals surface area contributed by atoms with Gasteiger partial charge in [-0.1, -0.05) is 0 Å². The average molecular weight is 313 g/mol. The van der Waals surface area contributed by atoms with Crippen molar-refractivity contribution in [1.82, 2.24) is 24.7 Å². The number of fused-ring (bicyclic) bond motifs is 1. The summed E-state index contributed by atoms with van der Waals surface area (Å²) in [6, 6.07) is 5.94. The number of hydrogen-bond acceptors (Lipinski definition) is 4. The maximum Gasteiger partial charge on any atom is 0.326 e. The fourth-order valence-electron chi connectivity index (χ4n) is 3.42. The standard InChI is InChI=1S/C16H19N5O2/c1-9-17-15(20-19-9)10-2-7-14-13(8-10)18-16(23)21(14)11-3-5-12(22)6-4-11/h2,7-8,11-12,22H,3-6H2,1H3,(H,18,23)(H,17,19,20). The molecule has 0 spiro atoms. The maximum atomic E-state index is 12.4. The van der Waals surface area contributed by atoms with E-state index in [1.165, 1.54) is 0 Å². The number of nitrogens with one attached hydrogen (secondary N) is 2. The Morgan fingerprint density at radius 3 is 2.74 bits per heavy atom. The molecule has 0 atom stereocenters. The van der Waals surface area contributed by atoms with E-state index in [1.54, 1.807) is 0 Å². The van der Waals surface area contributed by atoms with Crippen molar-refractivity contribution in [3.8, 4) is 11.4 Å². The average Bonchev–Trinajstić information content (AvgIpc) is 3.10. The van der Waals surface area contributed by atoms with Crippen LogP contribution in [0.5, 0.6) is 0 Å². The van der Waals surface area contributed by atoms with E-state index in [-0.39, 0.29) is 17.8 Å². The monoisotopic (exact) mass is 313 g/mol. The molecule has 1 aliphatic carbocycles. The Bertz CT molecular complexity index is 899. The van der Waals surface area contributed by atoms with Gasteiger partial charge >= 0.3 is 5.69 Å². The van der Waals surface area contributed by atoms with Gasteiger partial charge in [0.2, 0.25) is 0 Å². The Kier molecular flexibility index (Phi) is 3.30. The molecule has 3 aromatic rings. The molecule has 23 heavy (non-hydrogen) atoms. The molecule has 3 N–H and O–H groups in total. The molecule has 0 saturated heterocycles. The predicted octanol–water partition coefficient (Wildman–Crippen LogP) is 1.90. The predicted molar refractivity (Wildman–Crippen MR) is 86.2 cm³/mol. The van der Waals surface area contributed by atoms with E-state index in [2.05, 4.69) is 20.2 Å². The molecule has 1 fully saturated rings. The van der Waals surface area contributed by atoms with E-state index < -0.39 is 0 Å². The van der Waals surface area contributed by atoms with E-state index in [4.69, 9.17) is 0 Å². The summed E-state index contributed by atoms with van der Waals surface area (Å²) in [4.78, 5) is 19.6. The number of nitrogens with zero attached hydrogens (tertiary/aromatic N) is 3. The summed E-state index contributed by atoms with van der Waals surface area (Å²) in [5.74, 6) is 1.38. The fourth-order valence-corrected chi connectivity index (χ4v) is 3.42. The SMILES string of the molecule is Cc1nc(-c2ccc3c(c2)[nH]c(=O)n3C2CCC(O)CC2)n[nH]1. The second kappa shape index (κ2) is 5.34. The lowest BCUT2D eigenvalue weighted by Crippen LogP contribution is -2.27. The van der Waals surface area contributed by atoms with Crippen LogP contribution < -0.4 is 5.69 Å². The Balaban J connectivity index is 1.76. The molecule has 1 aliphatic rings. The summed E-state index contributed by atoms with van der Waals surface area (Å²) >= 11 is 0. The van der Waals surface area contributed by atoms with E-state index in [0.29, 0.717) is 5.82 Å². The summed E-state index contributed by atoms with van der Waals surface area (Å²) in [5.41, 5.74) is 2.47. The van der Waals surface area contributed by atoms with Crippen LogP contribution in [0.25, 0.3) is 22.4 Å². The van der Waals surface area contributed by atoms with Crippen LogP contribution in [0.4, 0.5) is 0 Å². The Morgan fingerprint density at radius 1 is 1.26 bits per heavy atom. The summed E-state index contributed by atoms with van der Waals surface area (Å²) in [6.07, 6.45) is 2.93. The highest BCUT2D eigenvalue weighted by atomic mass is 16.3. The van der Waals surface area contributed by atoms with Gasteiger partial charge in [0, 0.05) is 11.6 Å². The first kappa shape index (κ1) is 14.2. The van der Waals surface area contributed by atoms with Crippen LogP contribution in [-0.4, -0.2) is 35.9 Å². The molecule has 7 nitrogen and oxygen atoms in total. The van der Waals surface area contributed by atoms with Crippen LogP contribution in [0.2, 0.25) is 0 Å². The minimum absolute atomic E-state index is 0.0929. The van der Waals surface area contributed by atoms with Crippen molar-refractivity contribution in [2.75, 3.05) is 0 Å². The molecular weight excluding hydrogens is 294 g/mol. The minimum Gasteiger partial charge on any atom is -0.393 e. The number of aromatic amines is 2. The quantitative estimate of drug-likeness (QED) is 0.672. The van der Waals surface area contributed by atoms with Gasteiger partial charge in [0.15, 0.2) is 5.82 Å². The summed E-state index contributed by atoms with van der Waals surface area (Å²) < 4.78 is 1.83. The Morgan fingerprint density at radius 2 is 2.04 bits per heavy atom. The first-order valence-electron chi connectivity index (χ1n) is 7.93. The first-order chi connectivity index (χ1) is 11.1. The number of aromatic nitrogens is 5. The third kappa shape index (κ3) is 2.46. The summed E-state index contributed by atoms with van der Waals surface area (Å²) in [6.45, 7) is 1.85. The normalized spacial score (nSPS) is 21.8. The lowest BCUT2D eigenvalue weighted by Gasteiger charge is -2.26. The van der Waals surface area contributed by atoms with Crippen LogP contribution in [0.15, 0.2) is 23.0 Å². The maximum absolute atomic E-state index is 12.4. The van der Waals surface area contributed by atoms with E-state index >= 15 is 0 Å². The zero-order valence-electron chi connectivity index (χ0n) is 12.9. The molecule has 1 saturated carbocycles. The van der Waals surface area contributed by atoms with Crippen LogP contribution in [0.1, 0.15) is 37.5 Å². The van der Waals surface area contributed by atoms with E-state index in [9.17, 15) is 9.90 Å². The second-order valence-electron chi connectivity index (χ2n) is 6.24. The van der Waals surface area contributed by atoms with Gasteiger partial charge in [-0.05, 0) is 50.8 Å². The van der Waals surface area contributed by atoms with Crippen molar-refractivity contribution in [3.05, 3.63) is 34.5 Å². The molecule has 120 valence electrons. The highest BCUT2D eigenvalue weighted by molar-refractivity contribution is 5.80. The van der Waals surface area contributed by atoms with E-state index in [1.807, 2.05) is 29.7 Å². The summed E-state index contributed by atoms with van der Waals surface area (Å²) in [7, 11) is 0. The molecule has 2 aromatic heterocycles. The van der Waals surface area contributed by atoms with Crippen molar-refractivity contribution in [3.63, 3.8) is 0 Å². The van der Waals surface area contributed by atoms with Crippen LogP contribution in [0, 0.1) is 6.92 Å². The molecule has 0 unspecified atom stereocenters. The smallest absolute Gasteiger partial charge is 0.326 e. The molecule has 2 heterocycles. The third-order valence-corrected chi connectivity index (χ3v) is 4.60. The van der Waals surface area contributed by atoms with Crippen LogP contribution >= 0.6 is 0 Å². The second-order valence-corrected chi connectivity index (χ2v) is 6.24. The molecule has 0 bridgehead atoms. The van der Waals surface area contributed by atoms with Gasteiger partial charge in [0.1, 0.15) is 5.82 Å². The fraction of sp³-hybridized carbons (Fsp3) is 0.438. The molecule has 0 radical (unpaired) electrons. The lowest BCUT2D eigenvalue weighted by atomic mass is 9.93. The molecule has 0 amide bonds. The molecule has 7 heteroatoms. The number of aliphatic hydroxyl groups is 1. The van der Waals surface area contributed by atoms with Gasteiger partial charge in [-0.3, -0.25) is 9.67 Å². The number of imidazole rings is 1.